The molecular formula is C21H39NO2. The summed E-state index contributed by atoms with van der Waals surface area (Å²) in [5, 5.41) is 8.98. The maximum Gasteiger partial charge on any atom is 0.208 e. The van der Waals surface area contributed by atoms with Crippen LogP contribution in [0.5, 0.6) is 0 Å². The average molecular weight is 338 g/mol. The van der Waals surface area contributed by atoms with Gasteiger partial charge in [-0.15, -0.1) is 0 Å². The molecule has 0 radical (unpaired) electrons. The maximum atomic E-state index is 8.98. The first-order valence-electron chi connectivity index (χ1n) is 10.2. The van der Waals surface area contributed by atoms with Crippen LogP contribution in [0.2, 0.25) is 0 Å². The van der Waals surface area contributed by atoms with Gasteiger partial charge in [-0.2, -0.15) is 0 Å². The van der Waals surface area contributed by atoms with E-state index in [9.17, 15) is 0 Å². The third-order valence-corrected chi connectivity index (χ3v) is 4.61. The Morgan fingerprint density at radius 2 is 1.58 bits per heavy atom. The van der Waals surface area contributed by atoms with Crippen LogP contribution in [0.25, 0.3) is 0 Å². The van der Waals surface area contributed by atoms with Crippen LogP contribution in [0.4, 0.5) is 0 Å². The molecule has 1 N–H and O–H groups in total. The minimum atomic E-state index is -0.0557. The highest BCUT2D eigenvalue weighted by atomic mass is 16.5. The van der Waals surface area contributed by atoms with Crippen molar-refractivity contribution in [1.29, 1.82) is 0 Å². The van der Waals surface area contributed by atoms with Gasteiger partial charge in [-0.3, -0.25) is 0 Å². The fourth-order valence-corrected chi connectivity index (χ4v) is 3.03. The van der Waals surface area contributed by atoms with Gasteiger partial charge in [-0.25, -0.2) is 4.99 Å². The van der Waals surface area contributed by atoms with E-state index in [0.717, 1.165) is 12.3 Å². The topological polar surface area (TPSA) is 41.8 Å². The summed E-state index contributed by atoms with van der Waals surface area (Å²) < 4.78 is 5.38. The van der Waals surface area contributed by atoms with E-state index in [1.54, 1.807) is 0 Å². The molecule has 1 rings (SSSR count). The Kier molecular flexibility index (Phi) is 12.8. The van der Waals surface area contributed by atoms with Gasteiger partial charge in [-0.1, -0.05) is 84.1 Å². The Morgan fingerprint density at radius 1 is 1.00 bits per heavy atom. The van der Waals surface area contributed by atoms with Crippen molar-refractivity contribution in [2.24, 2.45) is 10.9 Å². The molecule has 0 saturated heterocycles. The molecule has 3 nitrogen and oxygen atoms in total. The Balaban J connectivity index is 1.79. The van der Waals surface area contributed by atoms with E-state index in [-0.39, 0.29) is 12.6 Å². The molecule has 24 heavy (non-hydrogen) atoms. The summed E-state index contributed by atoms with van der Waals surface area (Å²) >= 11 is 0. The van der Waals surface area contributed by atoms with Crippen molar-refractivity contribution in [3.05, 3.63) is 12.2 Å². The van der Waals surface area contributed by atoms with E-state index < -0.39 is 0 Å². The summed E-state index contributed by atoms with van der Waals surface area (Å²) in [6, 6.07) is -0.0557. The predicted octanol–water partition coefficient (Wildman–Crippen LogP) is 5.67. The molecular weight excluding hydrogens is 298 g/mol. The first kappa shape index (κ1) is 21.2. The third kappa shape index (κ3) is 11.7. The molecule has 1 unspecified atom stereocenters. The van der Waals surface area contributed by atoms with Crippen molar-refractivity contribution in [1.82, 2.24) is 0 Å². The minimum Gasteiger partial charge on any atom is -0.476 e. The highest BCUT2D eigenvalue weighted by Gasteiger charge is 2.14. The predicted molar refractivity (Wildman–Crippen MR) is 104 cm³/mol. The zero-order chi connectivity index (χ0) is 17.5. The summed E-state index contributed by atoms with van der Waals surface area (Å²) in [6.45, 7) is 5.24. The van der Waals surface area contributed by atoms with Gasteiger partial charge < -0.3 is 9.84 Å². The Hall–Kier alpha value is -0.830. The van der Waals surface area contributed by atoms with Gasteiger partial charge >= 0.3 is 0 Å². The van der Waals surface area contributed by atoms with Crippen LogP contribution in [0.3, 0.4) is 0 Å². The Labute approximate surface area is 149 Å². The number of hydrogen-bond acceptors (Lipinski definition) is 3. The number of aliphatic hydroxyl groups excluding tert-OH is 1. The summed E-state index contributed by atoms with van der Waals surface area (Å²) in [5.74, 6) is 1.55. The van der Waals surface area contributed by atoms with Crippen LogP contribution in [-0.4, -0.2) is 30.3 Å². The quantitative estimate of drug-likeness (QED) is 0.391. The van der Waals surface area contributed by atoms with Gasteiger partial charge in [0.15, 0.2) is 0 Å². The molecule has 0 amide bonds. The highest BCUT2D eigenvalue weighted by molar-refractivity contribution is 5.88. The molecule has 3 heteroatoms. The molecule has 1 aliphatic heterocycles. The number of aliphatic imine (C=N–C) groups is 1. The molecule has 0 aromatic rings. The number of nitrogens with zero attached hydrogens (tertiary/aromatic N) is 1. The van der Waals surface area contributed by atoms with Crippen LogP contribution >= 0.6 is 0 Å². The molecule has 0 aromatic carbocycles. The first-order chi connectivity index (χ1) is 11.7. The van der Waals surface area contributed by atoms with Crippen LogP contribution in [0.1, 0.15) is 90.9 Å². The zero-order valence-corrected chi connectivity index (χ0v) is 16.0. The molecule has 0 aliphatic carbocycles. The summed E-state index contributed by atoms with van der Waals surface area (Å²) in [5.41, 5.74) is 0. The number of aliphatic hydroxyl groups is 1. The molecule has 1 atom stereocenters. The summed E-state index contributed by atoms with van der Waals surface area (Å²) in [6.07, 6.45) is 20.5. The highest BCUT2D eigenvalue weighted by Crippen LogP contribution is 2.14. The van der Waals surface area contributed by atoms with E-state index in [4.69, 9.17) is 9.84 Å². The standard InChI is InChI=1S/C21H39NO2/c1-19(2)15-13-11-9-7-5-3-4-6-8-10-12-14-16-21-22-20(17-23)18-24-21/h14,16,19-20,23H,3-13,15,17-18H2,1-2H3. The second-order valence-electron chi connectivity index (χ2n) is 7.52. The molecule has 140 valence electrons. The normalized spacial score (nSPS) is 17.7. The van der Waals surface area contributed by atoms with Crippen LogP contribution < -0.4 is 0 Å². The second-order valence-corrected chi connectivity index (χ2v) is 7.52. The second kappa shape index (κ2) is 14.5. The number of hydrogen-bond donors (Lipinski definition) is 1. The van der Waals surface area contributed by atoms with Crippen molar-refractivity contribution in [3.63, 3.8) is 0 Å². The number of ether oxygens (including phenoxy) is 1. The van der Waals surface area contributed by atoms with Crippen LogP contribution in [0, 0.1) is 5.92 Å². The lowest BCUT2D eigenvalue weighted by molar-refractivity contribution is 0.228. The Morgan fingerprint density at radius 3 is 2.12 bits per heavy atom. The lowest BCUT2D eigenvalue weighted by atomic mass is 10.0. The first-order valence-corrected chi connectivity index (χ1v) is 10.2. The van der Waals surface area contributed by atoms with Crippen molar-refractivity contribution in [3.8, 4) is 0 Å². The van der Waals surface area contributed by atoms with Crippen molar-refractivity contribution in [2.45, 2.75) is 96.9 Å². The van der Waals surface area contributed by atoms with E-state index in [1.807, 2.05) is 6.08 Å². The molecule has 0 spiro atoms. The van der Waals surface area contributed by atoms with Gasteiger partial charge in [0, 0.05) is 0 Å². The van der Waals surface area contributed by atoms with Crippen LogP contribution in [0.15, 0.2) is 17.1 Å². The van der Waals surface area contributed by atoms with Crippen molar-refractivity contribution >= 4 is 5.90 Å². The van der Waals surface area contributed by atoms with Gasteiger partial charge in [-0.05, 0) is 24.8 Å². The van der Waals surface area contributed by atoms with E-state index in [0.29, 0.717) is 12.5 Å². The van der Waals surface area contributed by atoms with E-state index in [2.05, 4.69) is 24.9 Å². The van der Waals surface area contributed by atoms with E-state index in [1.165, 1.54) is 70.6 Å². The van der Waals surface area contributed by atoms with Gasteiger partial charge in [0.25, 0.3) is 0 Å². The third-order valence-electron chi connectivity index (χ3n) is 4.61. The van der Waals surface area contributed by atoms with Crippen LogP contribution in [-0.2, 0) is 4.74 Å². The minimum absolute atomic E-state index is 0.0557. The number of allylic oxidation sites excluding steroid dienone is 1. The average Bonchev–Trinajstić information content (AvgIpc) is 3.03. The lowest BCUT2D eigenvalue weighted by Gasteiger charge is -2.04. The SMILES string of the molecule is CC(C)CCCCCCCCCCCCC=CC1=NC(CO)CO1. The summed E-state index contributed by atoms with van der Waals surface area (Å²) in [7, 11) is 0. The van der Waals surface area contributed by atoms with Gasteiger partial charge in [0.05, 0.1) is 6.61 Å². The largest absolute Gasteiger partial charge is 0.476 e. The molecule has 0 saturated carbocycles. The summed E-state index contributed by atoms with van der Waals surface area (Å²) in [4.78, 5) is 4.27. The zero-order valence-electron chi connectivity index (χ0n) is 16.0. The van der Waals surface area contributed by atoms with Gasteiger partial charge in [0.1, 0.15) is 12.6 Å². The monoisotopic (exact) mass is 337 g/mol. The van der Waals surface area contributed by atoms with Crippen molar-refractivity contribution < 1.29 is 9.84 Å². The molecule has 1 heterocycles. The fourth-order valence-electron chi connectivity index (χ4n) is 3.03. The smallest absolute Gasteiger partial charge is 0.208 e. The number of unbranched alkanes of at least 4 members (excludes halogenated alkanes) is 10. The number of rotatable bonds is 15. The van der Waals surface area contributed by atoms with Gasteiger partial charge in [0.2, 0.25) is 5.90 Å². The molecule has 1 aliphatic rings. The molecule has 0 fully saturated rings. The Bertz CT molecular complexity index is 350. The maximum absolute atomic E-state index is 8.98. The molecule has 0 bridgehead atoms. The van der Waals surface area contributed by atoms with Crippen molar-refractivity contribution in [2.75, 3.05) is 13.2 Å². The lowest BCUT2D eigenvalue weighted by Crippen LogP contribution is -2.10. The van der Waals surface area contributed by atoms with E-state index >= 15 is 0 Å². The fraction of sp³-hybridized carbons (Fsp3) is 0.857. The molecule has 0 aromatic heterocycles.